The lowest BCUT2D eigenvalue weighted by Gasteiger charge is -2.42. The third-order valence-corrected chi connectivity index (χ3v) is 17.4. The van der Waals surface area contributed by atoms with Crippen molar-refractivity contribution in [2.75, 3.05) is 81.9 Å². The number of alkyl halides is 1. The minimum absolute atomic E-state index is 0.0214. The fourth-order valence-corrected chi connectivity index (χ4v) is 13.4. The van der Waals surface area contributed by atoms with Crippen LogP contribution in [0.3, 0.4) is 0 Å². The number of amides is 3. The van der Waals surface area contributed by atoms with Crippen molar-refractivity contribution >= 4 is 50.9 Å². The number of fused-ring (bicyclic) bond motifs is 5. The molecule has 0 aliphatic carbocycles. The lowest BCUT2D eigenvalue weighted by atomic mass is 9.82. The zero-order valence-corrected chi connectivity index (χ0v) is 42.1. The Bertz CT molecular complexity index is 3100. The first kappa shape index (κ1) is 49.3. The van der Waals surface area contributed by atoms with Crippen molar-refractivity contribution < 1.29 is 37.4 Å². The molecule has 18 heteroatoms. The van der Waals surface area contributed by atoms with Gasteiger partial charge in [0, 0.05) is 111 Å². The van der Waals surface area contributed by atoms with Gasteiger partial charge in [-0.3, -0.25) is 29.6 Å². The number of pyridine rings is 1. The van der Waals surface area contributed by atoms with Crippen LogP contribution < -0.4 is 25.2 Å². The number of piperazine rings is 1. The zero-order valence-electron chi connectivity index (χ0n) is 42.1. The molecule has 5 aromatic rings. The van der Waals surface area contributed by atoms with Crippen LogP contribution in [0.15, 0.2) is 48.7 Å². The largest absolute Gasteiger partial charge is 0.508 e. The van der Waals surface area contributed by atoms with Gasteiger partial charge in [-0.1, -0.05) is 18.1 Å². The Labute approximate surface area is 434 Å². The number of carbonyl (C=O) groups excluding carboxylic acids is 3. The van der Waals surface area contributed by atoms with E-state index in [2.05, 4.69) is 46.1 Å². The molecule has 12 rings (SSSR count). The normalized spacial score (nSPS) is 23.8. The van der Waals surface area contributed by atoms with Crippen molar-refractivity contribution in [1.82, 2.24) is 40.3 Å². The number of anilines is 2. The Balaban J connectivity index is 0.630. The van der Waals surface area contributed by atoms with E-state index >= 15 is 13.2 Å². The number of rotatable bonds is 12. The van der Waals surface area contributed by atoms with E-state index in [0.717, 1.165) is 76.0 Å². The molecule has 15 nitrogen and oxygen atoms in total. The molecule has 0 saturated carbocycles. The number of imide groups is 1. The number of terminal acetylenes is 1. The Morgan fingerprint density at radius 3 is 2.31 bits per heavy atom. The average molecular weight is 1030 g/mol. The SMILES string of the molecule is C#Cc1c(F)ccc2cc(O)cc(-c3ncc4c(N5CC6CCC(C5)N6)nc(OCCN5CCC(CC6CCN(CC7(F)CCN(c8cccc9c8CN(C8CCC(=O)NC8=O)C9=O)CC7)CC6)CC5)nc4c3F)c12. The molecule has 0 spiro atoms. The summed E-state index contributed by atoms with van der Waals surface area (Å²) in [7, 11) is 0. The molecule has 75 heavy (non-hydrogen) atoms. The van der Waals surface area contributed by atoms with E-state index in [0.29, 0.717) is 106 Å². The van der Waals surface area contributed by atoms with Gasteiger partial charge in [0.15, 0.2) is 5.82 Å². The summed E-state index contributed by atoms with van der Waals surface area (Å²) in [6.07, 6.45) is 16.2. The van der Waals surface area contributed by atoms with Gasteiger partial charge in [0.25, 0.3) is 5.91 Å². The third-order valence-electron chi connectivity index (χ3n) is 17.4. The molecule has 2 bridgehead atoms. The molecule has 2 aromatic heterocycles. The van der Waals surface area contributed by atoms with E-state index in [9.17, 15) is 19.5 Å². The summed E-state index contributed by atoms with van der Waals surface area (Å²) in [6, 6.07) is 11.2. The maximum absolute atomic E-state index is 17.0. The zero-order chi connectivity index (χ0) is 51.5. The van der Waals surface area contributed by atoms with Gasteiger partial charge in [-0.05, 0) is 125 Å². The minimum atomic E-state index is -1.28. The number of phenols is 1. The van der Waals surface area contributed by atoms with Crippen molar-refractivity contribution in [3.8, 4) is 35.4 Å². The summed E-state index contributed by atoms with van der Waals surface area (Å²) in [5.41, 5.74) is 1.11. The maximum atomic E-state index is 17.0. The molecular formula is C57H63F3N10O5. The maximum Gasteiger partial charge on any atom is 0.319 e. The number of ether oxygens (including phenoxy) is 1. The number of halogens is 3. The van der Waals surface area contributed by atoms with E-state index in [-0.39, 0.29) is 69.8 Å². The van der Waals surface area contributed by atoms with Crippen molar-refractivity contribution in [2.45, 2.75) is 101 Å². The number of hydrogen-bond donors (Lipinski definition) is 3. The average Bonchev–Trinajstić information content (AvgIpc) is 3.94. The number of benzene rings is 3. The van der Waals surface area contributed by atoms with E-state index in [1.54, 1.807) is 17.2 Å². The van der Waals surface area contributed by atoms with Crippen LogP contribution in [0.25, 0.3) is 32.9 Å². The van der Waals surface area contributed by atoms with Gasteiger partial charge in [0.2, 0.25) is 11.8 Å². The van der Waals surface area contributed by atoms with Crippen LogP contribution in [0.2, 0.25) is 0 Å². The van der Waals surface area contributed by atoms with Crippen LogP contribution in [0.4, 0.5) is 24.7 Å². The van der Waals surface area contributed by atoms with Crippen LogP contribution in [0.5, 0.6) is 11.8 Å². The highest BCUT2D eigenvalue weighted by atomic mass is 19.1. The van der Waals surface area contributed by atoms with Crippen molar-refractivity contribution in [1.29, 1.82) is 0 Å². The molecule has 3 atom stereocenters. The summed E-state index contributed by atoms with van der Waals surface area (Å²) in [5, 5.41) is 17.9. The second-order valence-corrected chi connectivity index (χ2v) is 22.1. The van der Waals surface area contributed by atoms with Gasteiger partial charge in [-0.2, -0.15) is 9.97 Å². The van der Waals surface area contributed by atoms with Crippen LogP contribution in [0.1, 0.15) is 92.1 Å². The highest BCUT2D eigenvalue weighted by Crippen LogP contribution is 2.41. The van der Waals surface area contributed by atoms with Gasteiger partial charge < -0.3 is 34.8 Å². The van der Waals surface area contributed by atoms with Gasteiger partial charge >= 0.3 is 6.01 Å². The predicted molar refractivity (Wildman–Crippen MR) is 278 cm³/mol. The standard InChI is InChI=1S/C57H63F3N10O5/c1-2-40-45(58)9-6-36-27-39(71)28-42(49(36)40)51-50(59)52-43(29-61-51)53(69-30-37-7-8-38(31-69)62-37)65-56(64-52)75-25-24-66-18-12-34(13-19-66)26-35-14-20-67(21-15-35)33-57(60)16-22-68(23-17-57)46-5-3-4-41-44(46)32-70(55(41)74)47-10-11-48(72)63-54(47)73/h1,3-6,9,27-29,34-35,37-38,47,62,71H,7-8,10-26,30-33H2,(H,63,72,73). The number of piperidine rings is 4. The molecule has 7 aliphatic rings. The molecule has 6 fully saturated rings. The Hall–Kier alpha value is -6.55. The number of aromatic nitrogens is 3. The highest BCUT2D eigenvalue weighted by Gasteiger charge is 2.43. The van der Waals surface area contributed by atoms with E-state index in [1.165, 1.54) is 30.7 Å². The molecule has 392 valence electrons. The van der Waals surface area contributed by atoms with Crippen molar-refractivity contribution in [3.63, 3.8) is 0 Å². The van der Waals surface area contributed by atoms with E-state index in [1.807, 2.05) is 12.1 Å². The Morgan fingerprint density at radius 2 is 1.59 bits per heavy atom. The quantitative estimate of drug-likeness (QED) is 0.0895. The molecule has 3 aromatic carbocycles. The number of carbonyl (C=O) groups is 3. The fraction of sp³-hybridized carbons (Fsp3) is 0.509. The van der Waals surface area contributed by atoms with Crippen LogP contribution in [0, 0.1) is 35.8 Å². The van der Waals surface area contributed by atoms with E-state index in [4.69, 9.17) is 16.1 Å². The first-order valence-electron chi connectivity index (χ1n) is 26.9. The van der Waals surface area contributed by atoms with Crippen molar-refractivity contribution in [3.05, 3.63) is 77.0 Å². The van der Waals surface area contributed by atoms with Crippen LogP contribution in [-0.4, -0.2) is 148 Å². The van der Waals surface area contributed by atoms with Gasteiger partial charge in [-0.25, -0.2) is 13.2 Å². The monoisotopic (exact) mass is 1020 g/mol. The van der Waals surface area contributed by atoms with Gasteiger partial charge in [0.1, 0.15) is 46.9 Å². The number of phenolic OH excluding ortho intramolecular Hbond substituents is 1. The molecule has 0 radical (unpaired) electrons. The molecule has 6 saturated heterocycles. The molecular weight excluding hydrogens is 962 g/mol. The number of aromatic hydroxyl groups is 1. The first-order chi connectivity index (χ1) is 36.4. The minimum Gasteiger partial charge on any atom is -0.508 e. The summed E-state index contributed by atoms with van der Waals surface area (Å²) in [4.78, 5) is 62.5. The van der Waals surface area contributed by atoms with E-state index < -0.39 is 29.3 Å². The second-order valence-electron chi connectivity index (χ2n) is 22.1. The van der Waals surface area contributed by atoms with Gasteiger partial charge in [-0.15, -0.1) is 6.42 Å². The number of hydrogen-bond acceptors (Lipinski definition) is 13. The molecule has 9 heterocycles. The second kappa shape index (κ2) is 20.2. The lowest BCUT2D eigenvalue weighted by Crippen LogP contribution is -2.52. The lowest BCUT2D eigenvalue weighted by molar-refractivity contribution is -0.136. The number of likely N-dealkylation sites (tertiary alicyclic amines) is 2. The molecule has 3 unspecified atom stereocenters. The fourth-order valence-electron chi connectivity index (χ4n) is 13.4. The molecule has 3 N–H and O–H groups in total. The predicted octanol–water partition coefficient (Wildman–Crippen LogP) is 6.71. The summed E-state index contributed by atoms with van der Waals surface area (Å²) in [5.74, 6) is 1.74. The first-order valence-corrected chi connectivity index (χ1v) is 26.9. The van der Waals surface area contributed by atoms with Crippen LogP contribution in [-0.2, 0) is 16.1 Å². The number of nitrogens with zero attached hydrogens (tertiary/aromatic N) is 8. The number of nitrogens with one attached hydrogen (secondary N) is 2. The van der Waals surface area contributed by atoms with Gasteiger partial charge in [0.05, 0.1) is 10.9 Å². The molecule has 7 aliphatic heterocycles. The van der Waals surface area contributed by atoms with Crippen molar-refractivity contribution in [2.24, 2.45) is 11.8 Å². The highest BCUT2D eigenvalue weighted by molar-refractivity contribution is 6.06. The summed E-state index contributed by atoms with van der Waals surface area (Å²) >= 11 is 0. The van der Waals surface area contributed by atoms with Crippen LogP contribution >= 0.6 is 0 Å². The summed E-state index contributed by atoms with van der Waals surface area (Å²) in [6.45, 7) is 7.91. The topological polar surface area (TPSA) is 160 Å². The third kappa shape index (κ3) is 9.72. The Kier molecular flexibility index (Phi) is 13.3. The molecule has 3 amide bonds. The Morgan fingerprint density at radius 1 is 0.853 bits per heavy atom. The summed E-state index contributed by atoms with van der Waals surface area (Å²) < 4.78 is 54.9. The smallest absolute Gasteiger partial charge is 0.319 e.